The fraction of sp³-hybridized carbons (Fsp3) is 0.0556. The van der Waals surface area contributed by atoms with Crippen LogP contribution in [-0.4, -0.2) is 15.7 Å². The standard InChI is InChI=1S/C18H13ClFN3O2/c19-14-10-13(20)6-7-15(14)21-18(25)16-8-9-17(24)23(22-16)11-12-4-2-1-3-5-12/h1-10H,11H2,(H,21,25). The molecule has 7 heteroatoms. The monoisotopic (exact) mass is 357 g/mol. The van der Waals surface area contributed by atoms with E-state index in [2.05, 4.69) is 10.4 Å². The molecule has 1 aromatic heterocycles. The molecule has 3 aromatic rings. The highest BCUT2D eigenvalue weighted by atomic mass is 35.5. The Morgan fingerprint density at radius 1 is 1.12 bits per heavy atom. The van der Waals surface area contributed by atoms with Crippen LogP contribution >= 0.6 is 11.6 Å². The molecular weight excluding hydrogens is 345 g/mol. The van der Waals surface area contributed by atoms with Gasteiger partial charge in [-0.2, -0.15) is 5.10 Å². The van der Waals surface area contributed by atoms with E-state index in [1.54, 1.807) is 0 Å². The fourth-order valence-electron chi connectivity index (χ4n) is 2.22. The topological polar surface area (TPSA) is 64.0 Å². The van der Waals surface area contributed by atoms with Crippen molar-refractivity contribution in [2.75, 3.05) is 5.32 Å². The molecule has 0 aliphatic carbocycles. The summed E-state index contributed by atoms with van der Waals surface area (Å²) >= 11 is 5.89. The molecule has 0 spiro atoms. The third-order valence-electron chi connectivity index (χ3n) is 3.45. The highest BCUT2D eigenvalue weighted by Gasteiger charge is 2.12. The van der Waals surface area contributed by atoms with E-state index in [1.165, 1.54) is 28.9 Å². The van der Waals surface area contributed by atoms with Crippen LogP contribution < -0.4 is 10.9 Å². The molecule has 1 amide bonds. The Labute approximate surface area is 147 Å². The molecule has 0 aliphatic heterocycles. The van der Waals surface area contributed by atoms with Crippen LogP contribution in [0.3, 0.4) is 0 Å². The average Bonchev–Trinajstić information content (AvgIpc) is 2.60. The van der Waals surface area contributed by atoms with Crippen LogP contribution in [0.25, 0.3) is 0 Å². The number of nitrogens with one attached hydrogen (secondary N) is 1. The lowest BCUT2D eigenvalue weighted by Crippen LogP contribution is -2.26. The maximum atomic E-state index is 13.1. The Morgan fingerprint density at radius 2 is 1.88 bits per heavy atom. The van der Waals surface area contributed by atoms with Gasteiger partial charge < -0.3 is 5.32 Å². The van der Waals surface area contributed by atoms with E-state index in [4.69, 9.17) is 11.6 Å². The van der Waals surface area contributed by atoms with E-state index >= 15 is 0 Å². The molecular formula is C18H13ClFN3O2. The summed E-state index contributed by atoms with van der Waals surface area (Å²) in [5.74, 6) is -1.05. The van der Waals surface area contributed by atoms with Crippen molar-refractivity contribution in [1.82, 2.24) is 9.78 Å². The summed E-state index contributed by atoms with van der Waals surface area (Å²) in [6, 6.07) is 15.5. The van der Waals surface area contributed by atoms with Crippen LogP contribution in [0.1, 0.15) is 16.1 Å². The van der Waals surface area contributed by atoms with Crippen LogP contribution in [0.15, 0.2) is 65.5 Å². The zero-order chi connectivity index (χ0) is 17.8. The number of amides is 1. The SMILES string of the molecule is O=C(Nc1ccc(F)cc1Cl)c1ccc(=O)n(Cc2ccccc2)n1. The molecule has 0 fully saturated rings. The van der Waals surface area contributed by atoms with Gasteiger partial charge in [0.1, 0.15) is 11.5 Å². The van der Waals surface area contributed by atoms with Gasteiger partial charge >= 0.3 is 0 Å². The minimum absolute atomic E-state index is 0.0518. The van der Waals surface area contributed by atoms with E-state index in [-0.39, 0.29) is 28.5 Å². The van der Waals surface area contributed by atoms with Gasteiger partial charge in [0.15, 0.2) is 0 Å². The molecule has 3 rings (SSSR count). The molecule has 1 N–H and O–H groups in total. The Hall–Kier alpha value is -2.99. The number of rotatable bonds is 4. The van der Waals surface area contributed by atoms with Gasteiger partial charge in [-0.3, -0.25) is 9.59 Å². The molecule has 1 heterocycles. The minimum Gasteiger partial charge on any atom is -0.319 e. The van der Waals surface area contributed by atoms with Crippen molar-refractivity contribution < 1.29 is 9.18 Å². The molecule has 25 heavy (non-hydrogen) atoms. The van der Waals surface area contributed by atoms with Crippen molar-refractivity contribution >= 4 is 23.2 Å². The van der Waals surface area contributed by atoms with E-state index in [0.29, 0.717) is 0 Å². The number of hydrogen-bond acceptors (Lipinski definition) is 3. The van der Waals surface area contributed by atoms with Gasteiger partial charge in [0.25, 0.3) is 11.5 Å². The molecule has 0 bridgehead atoms. The Bertz CT molecular complexity index is 974. The second-order valence-electron chi connectivity index (χ2n) is 5.28. The number of anilines is 1. The lowest BCUT2D eigenvalue weighted by atomic mass is 10.2. The lowest BCUT2D eigenvalue weighted by molar-refractivity contribution is 0.102. The van der Waals surface area contributed by atoms with Crippen LogP contribution in [0.2, 0.25) is 5.02 Å². The third kappa shape index (κ3) is 4.10. The smallest absolute Gasteiger partial charge is 0.276 e. The summed E-state index contributed by atoms with van der Waals surface area (Å²) in [6.07, 6.45) is 0. The van der Waals surface area contributed by atoms with Crippen molar-refractivity contribution in [3.05, 3.63) is 93.1 Å². The zero-order valence-corrected chi connectivity index (χ0v) is 13.7. The molecule has 5 nitrogen and oxygen atoms in total. The second kappa shape index (κ2) is 7.27. The predicted molar refractivity (Wildman–Crippen MR) is 93.4 cm³/mol. The molecule has 126 valence electrons. The summed E-state index contributed by atoms with van der Waals surface area (Å²) in [5.41, 5.74) is 0.878. The van der Waals surface area contributed by atoms with E-state index in [1.807, 2.05) is 30.3 Å². The largest absolute Gasteiger partial charge is 0.319 e. The first-order chi connectivity index (χ1) is 12.0. The predicted octanol–water partition coefficient (Wildman–Crippen LogP) is 3.34. The first-order valence-corrected chi connectivity index (χ1v) is 7.79. The van der Waals surface area contributed by atoms with Gasteiger partial charge in [0, 0.05) is 6.07 Å². The van der Waals surface area contributed by atoms with Crippen LogP contribution in [0.5, 0.6) is 0 Å². The van der Waals surface area contributed by atoms with Crippen molar-refractivity contribution in [3.8, 4) is 0 Å². The van der Waals surface area contributed by atoms with Crippen molar-refractivity contribution in [2.45, 2.75) is 6.54 Å². The normalized spacial score (nSPS) is 10.5. The Kier molecular flexibility index (Phi) is 4.90. The van der Waals surface area contributed by atoms with E-state index < -0.39 is 11.7 Å². The fourth-order valence-corrected chi connectivity index (χ4v) is 2.43. The first kappa shape index (κ1) is 16.9. The number of carbonyl (C=O) groups is 1. The third-order valence-corrected chi connectivity index (χ3v) is 3.77. The number of carbonyl (C=O) groups excluding carboxylic acids is 1. The lowest BCUT2D eigenvalue weighted by Gasteiger charge is -2.09. The second-order valence-corrected chi connectivity index (χ2v) is 5.69. The minimum atomic E-state index is -0.546. The number of benzene rings is 2. The van der Waals surface area contributed by atoms with Gasteiger partial charge in [-0.25, -0.2) is 9.07 Å². The number of nitrogens with zero attached hydrogens (tertiary/aromatic N) is 2. The molecule has 0 saturated carbocycles. The van der Waals surface area contributed by atoms with Crippen molar-refractivity contribution in [3.63, 3.8) is 0 Å². The van der Waals surface area contributed by atoms with Gasteiger partial charge in [-0.1, -0.05) is 41.9 Å². The van der Waals surface area contributed by atoms with Crippen molar-refractivity contribution in [2.24, 2.45) is 0 Å². The quantitative estimate of drug-likeness (QED) is 0.779. The zero-order valence-electron chi connectivity index (χ0n) is 12.9. The van der Waals surface area contributed by atoms with Gasteiger partial charge in [0.2, 0.25) is 0 Å². The molecule has 0 aliphatic rings. The summed E-state index contributed by atoms with van der Waals surface area (Å²) in [5, 5.41) is 6.71. The molecule has 0 atom stereocenters. The van der Waals surface area contributed by atoms with Crippen LogP contribution in [0.4, 0.5) is 10.1 Å². The van der Waals surface area contributed by atoms with E-state index in [0.717, 1.165) is 11.6 Å². The Balaban J connectivity index is 1.83. The van der Waals surface area contributed by atoms with Gasteiger partial charge in [0.05, 0.1) is 17.3 Å². The molecule has 0 radical (unpaired) electrons. The maximum absolute atomic E-state index is 13.1. The number of halogens is 2. The van der Waals surface area contributed by atoms with Gasteiger partial charge in [-0.05, 0) is 29.8 Å². The highest BCUT2D eigenvalue weighted by molar-refractivity contribution is 6.33. The first-order valence-electron chi connectivity index (χ1n) is 7.41. The maximum Gasteiger partial charge on any atom is 0.276 e. The van der Waals surface area contributed by atoms with Crippen LogP contribution in [0, 0.1) is 5.82 Å². The summed E-state index contributed by atoms with van der Waals surface area (Å²) < 4.78 is 14.3. The number of hydrogen-bond donors (Lipinski definition) is 1. The highest BCUT2D eigenvalue weighted by Crippen LogP contribution is 2.22. The molecule has 0 saturated heterocycles. The van der Waals surface area contributed by atoms with Crippen LogP contribution in [-0.2, 0) is 6.54 Å². The summed E-state index contributed by atoms with van der Waals surface area (Å²) in [7, 11) is 0. The average molecular weight is 358 g/mol. The van der Waals surface area contributed by atoms with E-state index in [9.17, 15) is 14.0 Å². The summed E-state index contributed by atoms with van der Waals surface area (Å²) in [6.45, 7) is 0.248. The Morgan fingerprint density at radius 3 is 2.60 bits per heavy atom. The van der Waals surface area contributed by atoms with Gasteiger partial charge in [-0.15, -0.1) is 0 Å². The molecule has 0 unspecified atom stereocenters. The summed E-state index contributed by atoms with van der Waals surface area (Å²) in [4.78, 5) is 24.3. The number of aromatic nitrogens is 2. The molecule has 2 aromatic carbocycles. The van der Waals surface area contributed by atoms with Crippen molar-refractivity contribution in [1.29, 1.82) is 0 Å².